The number of fused-ring (bicyclic) bond motifs is 1. The predicted molar refractivity (Wildman–Crippen MR) is 117 cm³/mol. The van der Waals surface area contributed by atoms with Crippen LogP contribution in [0, 0.1) is 0 Å². The second-order valence-electron chi connectivity index (χ2n) is 7.25. The Kier molecular flexibility index (Phi) is 5.36. The van der Waals surface area contributed by atoms with Crippen molar-refractivity contribution in [2.24, 2.45) is 0 Å². The molecule has 4 aromatic rings. The molecule has 0 fully saturated rings. The molecule has 1 aromatic heterocycles. The Bertz CT molecular complexity index is 1210. The van der Waals surface area contributed by atoms with E-state index in [1.54, 1.807) is 0 Å². The van der Waals surface area contributed by atoms with E-state index >= 15 is 0 Å². The van der Waals surface area contributed by atoms with Crippen molar-refractivity contribution in [3.8, 4) is 11.5 Å². The lowest BCUT2D eigenvalue weighted by atomic mass is 10.0. The minimum Gasteiger partial charge on any atom is -0.450 e. The van der Waals surface area contributed by atoms with Crippen LogP contribution in [-0.4, -0.2) is 9.78 Å². The number of ether oxygens (including phenoxy) is 1. The van der Waals surface area contributed by atoms with Gasteiger partial charge in [-0.25, -0.2) is 4.68 Å². The summed E-state index contributed by atoms with van der Waals surface area (Å²) in [5.41, 5.74) is 1.84. The minimum atomic E-state index is -0.363. The highest BCUT2D eigenvalue weighted by Gasteiger charge is 2.14. The normalized spacial score (nSPS) is 11.2. The first-order valence-corrected chi connectivity index (χ1v) is 9.91. The van der Waals surface area contributed by atoms with Crippen LogP contribution in [0.3, 0.4) is 0 Å². The molecule has 0 saturated heterocycles. The Morgan fingerprint density at radius 3 is 2.48 bits per heavy atom. The second-order valence-corrected chi connectivity index (χ2v) is 7.66. The molecule has 0 spiro atoms. The summed E-state index contributed by atoms with van der Waals surface area (Å²) in [5, 5.41) is 6.61. The van der Waals surface area contributed by atoms with E-state index in [2.05, 4.69) is 18.9 Å². The third-order valence-electron chi connectivity index (χ3n) is 4.92. The van der Waals surface area contributed by atoms with Crippen LogP contribution in [0.4, 0.5) is 0 Å². The van der Waals surface area contributed by atoms with Gasteiger partial charge in [0.1, 0.15) is 10.8 Å². The summed E-state index contributed by atoms with van der Waals surface area (Å²) < 4.78 is 7.22. The van der Waals surface area contributed by atoms with Gasteiger partial charge in [-0.15, -0.1) is 0 Å². The van der Waals surface area contributed by atoms with Crippen LogP contribution in [0.25, 0.3) is 10.8 Å². The molecule has 5 heteroatoms. The number of aromatic nitrogens is 2. The third-order valence-corrected chi connectivity index (χ3v) is 5.19. The zero-order valence-electron chi connectivity index (χ0n) is 16.3. The van der Waals surface area contributed by atoms with Gasteiger partial charge < -0.3 is 4.74 Å². The maximum absolute atomic E-state index is 13.0. The zero-order valence-corrected chi connectivity index (χ0v) is 17.1. The number of rotatable bonds is 5. The smallest absolute Gasteiger partial charge is 0.311 e. The van der Waals surface area contributed by atoms with Crippen LogP contribution in [0.2, 0.25) is 5.02 Å². The van der Waals surface area contributed by atoms with E-state index < -0.39 is 0 Å². The van der Waals surface area contributed by atoms with Crippen LogP contribution in [0.15, 0.2) is 77.7 Å². The summed E-state index contributed by atoms with van der Waals surface area (Å²) in [7, 11) is 0. The highest BCUT2D eigenvalue weighted by atomic mass is 35.5. The molecule has 0 N–H and O–H groups in total. The topological polar surface area (TPSA) is 44.1 Å². The summed E-state index contributed by atoms with van der Waals surface area (Å²) in [5.74, 6) is 1.07. The van der Waals surface area contributed by atoms with Gasteiger partial charge in [0.2, 0.25) is 5.75 Å². The molecule has 0 aliphatic heterocycles. The lowest BCUT2D eigenvalue weighted by Gasteiger charge is -2.12. The number of halogens is 1. The van der Waals surface area contributed by atoms with Crippen molar-refractivity contribution < 1.29 is 4.74 Å². The van der Waals surface area contributed by atoms with Gasteiger partial charge in [-0.2, -0.15) is 5.10 Å². The molecular formula is C24H21ClN2O2. The fourth-order valence-corrected chi connectivity index (χ4v) is 3.45. The summed E-state index contributed by atoms with van der Waals surface area (Å²) in [6.45, 7) is 4.59. The molecule has 0 aliphatic rings. The maximum atomic E-state index is 13.0. The molecule has 4 nitrogen and oxygen atoms in total. The van der Waals surface area contributed by atoms with Crippen LogP contribution >= 0.6 is 11.6 Å². The van der Waals surface area contributed by atoms with E-state index in [1.165, 1.54) is 16.4 Å². The first kappa shape index (κ1) is 19.2. The predicted octanol–water partition coefficient (Wildman–Crippen LogP) is 6.01. The monoisotopic (exact) mass is 404 g/mol. The average Bonchev–Trinajstić information content (AvgIpc) is 2.73. The van der Waals surface area contributed by atoms with E-state index in [0.29, 0.717) is 18.2 Å². The highest BCUT2D eigenvalue weighted by molar-refractivity contribution is 6.31. The van der Waals surface area contributed by atoms with Gasteiger partial charge in [0.15, 0.2) is 0 Å². The number of benzene rings is 3. The standard InChI is InChI=1S/C24H21ClN2O2/c1-16(2)17-10-12-20(13-11-17)29-23-22(25)14-26-27(24(23)28)15-19-8-5-7-18-6-3-4-9-21(18)19/h3-14,16H,15H2,1-2H3. The first-order valence-electron chi connectivity index (χ1n) is 9.53. The van der Waals surface area contributed by atoms with Crippen molar-refractivity contribution in [3.63, 3.8) is 0 Å². The molecule has 0 aliphatic carbocycles. The van der Waals surface area contributed by atoms with Crippen molar-refractivity contribution in [2.75, 3.05) is 0 Å². The van der Waals surface area contributed by atoms with Gasteiger partial charge in [-0.1, -0.05) is 80.0 Å². The summed E-state index contributed by atoms with van der Waals surface area (Å²) >= 11 is 6.23. The molecule has 0 atom stereocenters. The maximum Gasteiger partial charge on any atom is 0.311 e. The van der Waals surface area contributed by atoms with E-state index in [1.807, 2.05) is 66.7 Å². The quantitative estimate of drug-likeness (QED) is 0.409. The Morgan fingerprint density at radius 2 is 1.72 bits per heavy atom. The first-order chi connectivity index (χ1) is 14.0. The molecule has 0 unspecified atom stereocenters. The Labute approximate surface area is 174 Å². The SMILES string of the molecule is CC(C)c1ccc(Oc2c(Cl)cnn(Cc3cccc4ccccc34)c2=O)cc1. The van der Waals surface area contributed by atoms with Gasteiger partial charge in [0.25, 0.3) is 0 Å². The molecule has 3 aromatic carbocycles. The fourth-order valence-electron chi connectivity index (χ4n) is 3.29. The van der Waals surface area contributed by atoms with Crippen molar-refractivity contribution >= 4 is 22.4 Å². The van der Waals surface area contributed by atoms with Crippen molar-refractivity contribution in [1.82, 2.24) is 9.78 Å². The zero-order chi connectivity index (χ0) is 20.4. The van der Waals surface area contributed by atoms with E-state index in [0.717, 1.165) is 16.3 Å². The Hall–Kier alpha value is -3.11. The molecule has 0 bridgehead atoms. The summed E-state index contributed by atoms with van der Waals surface area (Å²) in [6.07, 6.45) is 1.45. The molecule has 0 radical (unpaired) electrons. The third kappa shape index (κ3) is 4.03. The van der Waals surface area contributed by atoms with Gasteiger partial charge in [0, 0.05) is 0 Å². The van der Waals surface area contributed by atoms with Gasteiger partial charge in [-0.3, -0.25) is 4.79 Å². The van der Waals surface area contributed by atoms with Gasteiger partial charge >= 0.3 is 5.56 Å². The molecule has 29 heavy (non-hydrogen) atoms. The number of nitrogens with zero attached hydrogens (tertiary/aromatic N) is 2. The Balaban J connectivity index is 1.67. The Morgan fingerprint density at radius 1 is 1.00 bits per heavy atom. The molecule has 1 heterocycles. The number of hydrogen-bond donors (Lipinski definition) is 0. The van der Waals surface area contributed by atoms with E-state index in [-0.39, 0.29) is 16.3 Å². The van der Waals surface area contributed by atoms with E-state index in [9.17, 15) is 4.79 Å². The lowest BCUT2D eigenvalue weighted by molar-refractivity contribution is 0.459. The molecule has 0 amide bonds. The average molecular weight is 405 g/mol. The molecule has 4 rings (SSSR count). The minimum absolute atomic E-state index is 0.0826. The van der Waals surface area contributed by atoms with Gasteiger partial charge in [0.05, 0.1) is 12.7 Å². The molecule has 146 valence electrons. The van der Waals surface area contributed by atoms with Crippen LogP contribution < -0.4 is 10.3 Å². The molecular weight excluding hydrogens is 384 g/mol. The van der Waals surface area contributed by atoms with Crippen molar-refractivity contribution in [3.05, 3.63) is 99.4 Å². The summed E-state index contributed by atoms with van der Waals surface area (Å²) in [6, 6.07) is 21.8. The highest BCUT2D eigenvalue weighted by Crippen LogP contribution is 2.27. The van der Waals surface area contributed by atoms with Crippen LogP contribution in [0.1, 0.15) is 30.9 Å². The largest absolute Gasteiger partial charge is 0.450 e. The van der Waals surface area contributed by atoms with Crippen LogP contribution in [-0.2, 0) is 6.54 Å². The van der Waals surface area contributed by atoms with Crippen molar-refractivity contribution in [1.29, 1.82) is 0 Å². The van der Waals surface area contributed by atoms with E-state index in [4.69, 9.17) is 16.3 Å². The number of hydrogen-bond acceptors (Lipinski definition) is 3. The summed E-state index contributed by atoms with van der Waals surface area (Å²) in [4.78, 5) is 13.0. The second kappa shape index (κ2) is 8.10. The van der Waals surface area contributed by atoms with Gasteiger partial charge in [-0.05, 0) is 39.9 Å². The van der Waals surface area contributed by atoms with Crippen LogP contribution in [0.5, 0.6) is 11.5 Å². The fraction of sp³-hybridized carbons (Fsp3) is 0.167. The van der Waals surface area contributed by atoms with Crippen molar-refractivity contribution in [2.45, 2.75) is 26.3 Å². The molecule has 0 saturated carbocycles. The lowest BCUT2D eigenvalue weighted by Crippen LogP contribution is -2.24.